The number of hydrogen-bond acceptors (Lipinski definition) is 1. The van der Waals surface area contributed by atoms with E-state index in [1.165, 1.54) is 12.2 Å². The zero-order valence-corrected chi connectivity index (χ0v) is 4.42. The molecule has 0 N–H and O–H groups in total. The van der Waals surface area contributed by atoms with Gasteiger partial charge in [-0.05, 0) is 6.07 Å². The van der Waals surface area contributed by atoms with Crippen molar-refractivity contribution in [1.82, 2.24) is 0 Å². The average Bonchev–Trinajstić information content (AvgIpc) is 1.61. The van der Waals surface area contributed by atoms with E-state index in [-0.39, 0.29) is 17.1 Å². The predicted octanol–water partition coefficient (Wildman–Crippen LogP) is 0.856. The summed E-state index contributed by atoms with van der Waals surface area (Å²) >= 11 is 0. The van der Waals surface area contributed by atoms with Gasteiger partial charge in [-0.3, -0.25) is 6.08 Å². The first-order valence-corrected chi connectivity index (χ1v) is 1.43. The number of allylic oxidation sites excluding steroid dienone is 3. The van der Waals surface area contributed by atoms with Gasteiger partial charge in [-0.2, -0.15) is 0 Å². The van der Waals surface area contributed by atoms with Gasteiger partial charge < -0.3 is 18.7 Å². The third-order valence-corrected chi connectivity index (χ3v) is 0.244. The van der Waals surface area contributed by atoms with Gasteiger partial charge in [0.2, 0.25) is 0 Å². The molecule has 0 amide bonds. The second kappa shape index (κ2) is 9.09. The van der Waals surface area contributed by atoms with Crippen LogP contribution in [0.1, 0.15) is 0 Å². The van der Waals surface area contributed by atoms with E-state index in [1.54, 1.807) is 6.07 Å². The third-order valence-electron chi connectivity index (χ3n) is 0.244. The van der Waals surface area contributed by atoms with Crippen molar-refractivity contribution in [2.45, 2.75) is 0 Å². The van der Waals surface area contributed by atoms with Crippen molar-refractivity contribution < 1.29 is 17.1 Å². The zero-order chi connectivity index (χ0) is 4.83. The van der Waals surface area contributed by atoms with Crippen molar-refractivity contribution in [1.29, 1.82) is 5.26 Å². The molecule has 7 heavy (non-hydrogen) atoms. The topological polar surface area (TPSA) is 23.8 Å². The Bertz CT molecular complexity index is 99.1. The molecule has 39 valence electrons. The Morgan fingerprint density at radius 2 is 2.29 bits per heavy atom. The molecule has 2 heteroatoms. The van der Waals surface area contributed by atoms with Crippen LogP contribution in [0.5, 0.6) is 0 Å². The second-order valence-electron chi connectivity index (χ2n) is 0.615. The van der Waals surface area contributed by atoms with Crippen molar-refractivity contribution in [3.8, 4) is 6.07 Å². The Kier molecular flexibility index (Phi) is 12.6. The van der Waals surface area contributed by atoms with Crippen molar-refractivity contribution in [2.24, 2.45) is 0 Å². The van der Waals surface area contributed by atoms with Gasteiger partial charge in [0.25, 0.3) is 0 Å². The average molecular weight is 141 g/mol. The van der Waals surface area contributed by atoms with Crippen LogP contribution in [0.15, 0.2) is 12.2 Å². The molecule has 0 aliphatic heterocycles. The van der Waals surface area contributed by atoms with Crippen LogP contribution < -0.4 is 0 Å². The predicted molar refractivity (Wildman–Crippen MR) is 22.3 cm³/mol. The summed E-state index contributed by atoms with van der Waals surface area (Å²) in [4.78, 5) is 0. The summed E-state index contributed by atoms with van der Waals surface area (Å²) in [6, 6.07) is 1.65. The van der Waals surface area contributed by atoms with E-state index in [4.69, 9.17) is 11.8 Å². The summed E-state index contributed by atoms with van der Waals surface area (Å²) in [5, 5.41) is 7.73. The smallest absolute Gasteiger partial charge is 0.394 e. The van der Waals surface area contributed by atoms with Gasteiger partial charge in [-0.1, -0.05) is 0 Å². The standard InChI is InChI=1S/C5H3N.Cu/c1-2-3-4-5-6;/h1-3H;/q-2;+2. The Labute approximate surface area is 53.8 Å². The Balaban J connectivity index is 0. The van der Waals surface area contributed by atoms with E-state index in [0.29, 0.717) is 0 Å². The van der Waals surface area contributed by atoms with E-state index >= 15 is 0 Å². The van der Waals surface area contributed by atoms with E-state index in [0.717, 1.165) is 0 Å². The fraction of sp³-hybridized carbons (Fsp3) is 0. The molecule has 0 saturated carbocycles. The molecule has 0 saturated heterocycles. The summed E-state index contributed by atoms with van der Waals surface area (Å²) in [7, 11) is 0. The monoisotopic (exact) mass is 140 g/mol. The maximum absolute atomic E-state index is 7.73. The van der Waals surface area contributed by atoms with Crippen LogP contribution in [-0.4, -0.2) is 0 Å². The summed E-state index contributed by atoms with van der Waals surface area (Å²) in [6.07, 6.45) is 4.80. The van der Waals surface area contributed by atoms with Crippen molar-refractivity contribution in [3.63, 3.8) is 0 Å². The molecule has 1 nitrogen and oxygen atoms in total. The molecule has 0 aromatic rings. The molecule has 0 heterocycles. The maximum atomic E-state index is 7.73. The molecular weight excluding hydrogens is 138 g/mol. The Hall–Kier alpha value is -0.511. The summed E-state index contributed by atoms with van der Waals surface area (Å²) in [5.74, 6) is 0. The molecule has 0 rings (SSSR count). The van der Waals surface area contributed by atoms with Crippen LogP contribution in [0.3, 0.4) is 0 Å². The van der Waals surface area contributed by atoms with E-state index in [2.05, 4.69) is 6.08 Å². The van der Waals surface area contributed by atoms with Crippen LogP contribution in [0, 0.1) is 24.0 Å². The molecule has 0 bridgehead atoms. The van der Waals surface area contributed by atoms with Gasteiger partial charge in [-0.25, -0.2) is 5.26 Å². The second-order valence-corrected chi connectivity index (χ2v) is 0.615. The third kappa shape index (κ3) is 10.8. The molecule has 1 radical (unpaired) electrons. The van der Waals surface area contributed by atoms with Gasteiger partial charge in [0.15, 0.2) is 0 Å². The Morgan fingerprint density at radius 3 is 2.43 bits per heavy atom. The first-order chi connectivity index (χ1) is 2.91. The fourth-order valence-corrected chi connectivity index (χ4v) is 0.0854. The minimum Gasteiger partial charge on any atom is -0.394 e. The molecule has 0 aromatic carbocycles. The Morgan fingerprint density at radius 1 is 1.71 bits per heavy atom. The molecule has 0 aliphatic carbocycles. The number of nitriles is 1. The first-order valence-electron chi connectivity index (χ1n) is 1.43. The van der Waals surface area contributed by atoms with Crippen molar-refractivity contribution in [3.05, 3.63) is 24.8 Å². The van der Waals surface area contributed by atoms with Gasteiger partial charge >= 0.3 is 17.1 Å². The maximum Gasteiger partial charge on any atom is 2.00 e. The van der Waals surface area contributed by atoms with Crippen molar-refractivity contribution >= 4 is 0 Å². The number of rotatable bonds is 1. The summed E-state index contributed by atoms with van der Waals surface area (Å²) in [6.45, 7) is 4.82. The molecule has 0 unspecified atom stereocenters. The molecule has 0 fully saturated rings. The summed E-state index contributed by atoms with van der Waals surface area (Å²) in [5.41, 5.74) is 0. The fourth-order valence-electron chi connectivity index (χ4n) is 0.0854. The van der Waals surface area contributed by atoms with E-state index in [1.807, 2.05) is 0 Å². The van der Waals surface area contributed by atoms with Gasteiger partial charge in [0.05, 0.1) is 0 Å². The van der Waals surface area contributed by atoms with E-state index in [9.17, 15) is 0 Å². The molecular formula is C5H3CuN. The minimum absolute atomic E-state index is 0. The SMILES string of the molecule is [CH-]=CC=[C-]C#N.[Cu+2]. The quantitative estimate of drug-likeness (QED) is 0.229. The van der Waals surface area contributed by atoms with E-state index < -0.39 is 0 Å². The van der Waals surface area contributed by atoms with Gasteiger partial charge in [-0.15, -0.1) is 0 Å². The largest absolute Gasteiger partial charge is 2.00 e. The normalized spacial score (nSPS) is 6.71. The molecule has 0 aliphatic rings. The molecule has 0 atom stereocenters. The molecule has 0 aromatic heterocycles. The van der Waals surface area contributed by atoms with Gasteiger partial charge in [0.1, 0.15) is 0 Å². The number of hydrogen-bond donors (Lipinski definition) is 0. The van der Waals surface area contributed by atoms with Crippen molar-refractivity contribution in [2.75, 3.05) is 0 Å². The zero-order valence-electron chi connectivity index (χ0n) is 3.48. The van der Waals surface area contributed by atoms with Crippen LogP contribution in [0.2, 0.25) is 0 Å². The van der Waals surface area contributed by atoms with Crippen LogP contribution in [0.25, 0.3) is 0 Å². The summed E-state index contributed by atoms with van der Waals surface area (Å²) < 4.78 is 0. The van der Waals surface area contributed by atoms with Crippen LogP contribution in [0.4, 0.5) is 0 Å². The van der Waals surface area contributed by atoms with Crippen LogP contribution >= 0.6 is 0 Å². The van der Waals surface area contributed by atoms with Crippen LogP contribution in [-0.2, 0) is 17.1 Å². The van der Waals surface area contributed by atoms with Gasteiger partial charge in [0, 0.05) is 0 Å². The molecule has 0 spiro atoms. The minimum atomic E-state index is 0. The number of nitrogens with zero attached hydrogens (tertiary/aromatic N) is 1. The first kappa shape index (κ1) is 9.70.